The van der Waals surface area contributed by atoms with E-state index in [0.717, 1.165) is 12.0 Å². The normalized spacial score (nSPS) is 11.5. The Morgan fingerprint density at radius 2 is 1.93 bits per heavy atom. The first-order valence-electron chi connectivity index (χ1n) is 4.30. The van der Waals surface area contributed by atoms with Gasteiger partial charge in [0.25, 0.3) is 0 Å². The summed E-state index contributed by atoms with van der Waals surface area (Å²) in [5.74, 6) is -0.823. The molecular formula is C10H14ClNO2. The predicted molar refractivity (Wildman–Crippen MR) is 49.1 cm³/mol. The number of rotatable bonds is 4. The molecule has 1 aromatic carbocycles. The Hall–Kier alpha value is -1.06. The van der Waals surface area contributed by atoms with Crippen LogP contribution in [0, 0.1) is 0 Å². The van der Waals surface area contributed by atoms with E-state index in [0.29, 0.717) is 6.42 Å². The van der Waals surface area contributed by atoms with Gasteiger partial charge in [0.05, 0.1) is 0 Å². The molecule has 0 bridgehead atoms. The number of carbonyl (C=O) groups is 1. The fourth-order valence-corrected chi connectivity index (χ4v) is 1.11. The maximum absolute atomic E-state index is 10.5. The van der Waals surface area contributed by atoms with E-state index in [4.69, 9.17) is 5.11 Å². The highest BCUT2D eigenvalue weighted by molar-refractivity contribution is 5.71. The third-order valence-corrected chi connectivity index (χ3v) is 1.97. The van der Waals surface area contributed by atoms with Gasteiger partial charge in [-0.05, 0) is 12.0 Å². The van der Waals surface area contributed by atoms with Crippen LogP contribution in [0.1, 0.15) is 12.0 Å². The minimum atomic E-state index is -0.823. The van der Waals surface area contributed by atoms with Gasteiger partial charge in [-0.2, -0.15) is 0 Å². The molecule has 0 aliphatic carbocycles. The lowest BCUT2D eigenvalue weighted by atomic mass is 10.1. The van der Waals surface area contributed by atoms with Gasteiger partial charge >= 0.3 is 5.97 Å². The summed E-state index contributed by atoms with van der Waals surface area (Å²) >= 11 is 0. The van der Waals surface area contributed by atoms with Gasteiger partial charge in [-0.15, -0.1) is 0 Å². The van der Waals surface area contributed by atoms with Crippen molar-refractivity contribution in [1.29, 1.82) is 0 Å². The first kappa shape index (κ1) is 12.9. The number of hydrogen-bond donors (Lipinski definition) is 2. The van der Waals surface area contributed by atoms with Crippen LogP contribution in [0.2, 0.25) is 0 Å². The largest absolute Gasteiger partial charge is 1.00 e. The highest BCUT2D eigenvalue weighted by atomic mass is 35.5. The number of aliphatic carboxylic acids is 1. The second-order valence-corrected chi connectivity index (χ2v) is 3.06. The average Bonchev–Trinajstić information content (AvgIpc) is 2.15. The molecular weight excluding hydrogens is 202 g/mol. The summed E-state index contributed by atoms with van der Waals surface area (Å²) in [4.78, 5) is 10.5. The van der Waals surface area contributed by atoms with Crippen molar-refractivity contribution in [1.82, 2.24) is 0 Å². The van der Waals surface area contributed by atoms with E-state index >= 15 is 0 Å². The highest BCUT2D eigenvalue weighted by Crippen LogP contribution is 2.03. The zero-order valence-electron chi connectivity index (χ0n) is 7.82. The van der Waals surface area contributed by atoms with Crippen LogP contribution in [0.3, 0.4) is 0 Å². The van der Waals surface area contributed by atoms with Crippen molar-refractivity contribution in [2.75, 3.05) is 0 Å². The summed E-state index contributed by atoms with van der Waals surface area (Å²) in [6.45, 7) is 0. The van der Waals surface area contributed by atoms with E-state index in [9.17, 15) is 4.79 Å². The minimum Gasteiger partial charge on any atom is -1.00 e. The number of quaternary nitrogens is 1. The molecule has 1 aromatic rings. The molecule has 0 heterocycles. The zero-order valence-corrected chi connectivity index (χ0v) is 8.57. The van der Waals surface area contributed by atoms with E-state index in [1.54, 1.807) is 0 Å². The molecule has 1 rings (SSSR count). The van der Waals surface area contributed by atoms with Gasteiger partial charge in [0.2, 0.25) is 0 Å². The van der Waals surface area contributed by atoms with Crippen molar-refractivity contribution in [3.8, 4) is 0 Å². The number of carboxylic acids is 1. The van der Waals surface area contributed by atoms with Gasteiger partial charge in [-0.3, -0.25) is 0 Å². The smallest absolute Gasteiger partial charge is 0.362 e. The van der Waals surface area contributed by atoms with Crippen LogP contribution in [0.25, 0.3) is 0 Å². The van der Waals surface area contributed by atoms with E-state index in [1.807, 2.05) is 30.3 Å². The number of halogens is 1. The lowest BCUT2D eigenvalue weighted by molar-refractivity contribution is -0.408. The number of benzene rings is 1. The van der Waals surface area contributed by atoms with Crippen molar-refractivity contribution >= 4 is 5.97 Å². The van der Waals surface area contributed by atoms with Gasteiger partial charge in [0.1, 0.15) is 0 Å². The molecule has 4 N–H and O–H groups in total. The molecule has 0 radical (unpaired) electrons. The molecule has 0 fully saturated rings. The van der Waals surface area contributed by atoms with Crippen LogP contribution in [0.5, 0.6) is 0 Å². The first-order valence-corrected chi connectivity index (χ1v) is 4.30. The molecule has 78 valence electrons. The monoisotopic (exact) mass is 215 g/mol. The van der Waals surface area contributed by atoms with E-state index < -0.39 is 12.0 Å². The van der Waals surface area contributed by atoms with Crippen LogP contribution in [0.15, 0.2) is 30.3 Å². The number of aryl methyl sites for hydroxylation is 1. The molecule has 0 saturated carbocycles. The average molecular weight is 216 g/mol. The lowest BCUT2D eigenvalue weighted by Crippen LogP contribution is -3.00. The van der Waals surface area contributed by atoms with E-state index in [2.05, 4.69) is 5.73 Å². The van der Waals surface area contributed by atoms with Crippen LogP contribution in [0.4, 0.5) is 0 Å². The Labute approximate surface area is 89.3 Å². The third kappa shape index (κ3) is 4.25. The van der Waals surface area contributed by atoms with Crippen LogP contribution in [-0.4, -0.2) is 17.1 Å². The van der Waals surface area contributed by atoms with Crippen molar-refractivity contribution in [3.05, 3.63) is 35.9 Å². The van der Waals surface area contributed by atoms with E-state index in [1.165, 1.54) is 0 Å². The Morgan fingerprint density at radius 1 is 1.36 bits per heavy atom. The maximum Gasteiger partial charge on any atom is 0.362 e. The number of hydrogen-bond acceptors (Lipinski definition) is 1. The highest BCUT2D eigenvalue weighted by Gasteiger charge is 2.14. The van der Waals surface area contributed by atoms with Gasteiger partial charge in [0, 0.05) is 6.42 Å². The fraction of sp³-hybridized carbons (Fsp3) is 0.300. The van der Waals surface area contributed by atoms with Gasteiger partial charge in [-0.25, -0.2) is 4.79 Å². The Balaban J connectivity index is 0.00000169. The molecule has 0 unspecified atom stereocenters. The van der Waals surface area contributed by atoms with E-state index in [-0.39, 0.29) is 12.4 Å². The summed E-state index contributed by atoms with van der Waals surface area (Å²) in [5, 5.41) is 8.60. The summed E-state index contributed by atoms with van der Waals surface area (Å²) in [5.41, 5.74) is 4.72. The Kier molecular flexibility index (Phi) is 5.92. The summed E-state index contributed by atoms with van der Waals surface area (Å²) in [7, 11) is 0. The van der Waals surface area contributed by atoms with Crippen molar-refractivity contribution < 1.29 is 28.0 Å². The second kappa shape index (κ2) is 6.40. The van der Waals surface area contributed by atoms with Crippen LogP contribution < -0.4 is 18.1 Å². The molecule has 0 saturated heterocycles. The van der Waals surface area contributed by atoms with Gasteiger partial charge in [-0.1, -0.05) is 30.3 Å². The SMILES string of the molecule is [Cl-].[NH3+][C@H](CCc1ccccc1)C(=O)O. The lowest BCUT2D eigenvalue weighted by Gasteiger charge is -2.02. The third-order valence-electron chi connectivity index (χ3n) is 1.97. The fourth-order valence-electron chi connectivity index (χ4n) is 1.11. The molecule has 0 aliphatic rings. The van der Waals surface area contributed by atoms with Crippen molar-refractivity contribution in [2.24, 2.45) is 0 Å². The zero-order chi connectivity index (χ0) is 9.68. The summed E-state index contributed by atoms with van der Waals surface area (Å²) in [6, 6.07) is 9.34. The molecule has 0 aliphatic heterocycles. The number of carboxylic acid groups (broad SMARTS) is 1. The minimum absolute atomic E-state index is 0. The molecule has 0 aromatic heterocycles. The van der Waals surface area contributed by atoms with Crippen LogP contribution in [-0.2, 0) is 11.2 Å². The topological polar surface area (TPSA) is 64.9 Å². The molecule has 14 heavy (non-hydrogen) atoms. The Bertz CT molecular complexity index is 277. The molecule has 0 spiro atoms. The molecule has 0 amide bonds. The molecule has 4 heteroatoms. The quantitative estimate of drug-likeness (QED) is 0.575. The summed E-state index contributed by atoms with van der Waals surface area (Å²) in [6.07, 6.45) is 1.38. The van der Waals surface area contributed by atoms with Gasteiger partial charge < -0.3 is 23.2 Å². The summed E-state index contributed by atoms with van der Waals surface area (Å²) < 4.78 is 0. The predicted octanol–water partition coefficient (Wildman–Crippen LogP) is -2.68. The second-order valence-electron chi connectivity index (χ2n) is 3.06. The van der Waals surface area contributed by atoms with Gasteiger partial charge in [0.15, 0.2) is 6.04 Å². The van der Waals surface area contributed by atoms with Crippen LogP contribution >= 0.6 is 0 Å². The molecule has 3 nitrogen and oxygen atoms in total. The van der Waals surface area contributed by atoms with Crippen molar-refractivity contribution in [2.45, 2.75) is 18.9 Å². The molecule has 1 atom stereocenters. The first-order chi connectivity index (χ1) is 6.20. The Morgan fingerprint density at radius 3 is 2.43 bits per heavy atom. The van der Waals surface area contributed by atoms with Crippen molar-refractivity contribution in [3.63, 3.8) is 0 Å². The standard InChI is InChI=1S/C10H13NO2.ClH/c11-9(10(12)13)7-6-8-4-2-1-3-5-8;/h1-5,9H,6-7,11H2,(H,12,13);1H/t9-;/m1./s1. The maximum atomic E-state index is 10.5.